The first-order chi connectivity index (χ1) is 13.7. The molecule has 2 aromatic rings. The minimum Gasteiger partial charge on any atom is -0.349 e. The van der Waals surface area contributed by atoms with Crippen LogP contribution in [0, 0.1) is 12.8 Å². The van der Waals surface area contributed by atoms with Crippen molar-refractivity contribution < 1.29 is 4.79 Å². The molecule has 1 N–H and O–H groups in total. The Kier molecular flexibility index (Phi) is 6.79. The maximum Gasteiger partial charge on any atom is 0.223 e. The lowest BCUT2D eigenvalue weighted by Gasteiger charge is -2.32. The zero-order valence-corrected chi connectivity index (χ0v) is 18.7. The van der Waals surface area contributed by atoms with E-state index < -0.39 is 0 Å². The normalized spacial score (nSPS) is 17.1. The van der Waals surface area contributed by atoms with Gasteiger partial charge in [-0.2, -0.15) is 0 Å². The van der Waals surface area contributed by atoms with E-state index in [1.54, 1.807) is 0 Å². The fourth-order valence-electron chi connectivity index (χ4n) is 4.07. The highest BCUT2D eigenvalue weighted by Gasteiger charge is 2.26. The molecule has 0 unspecified atom stereocenters. The Morgan fingerprint density at radius 3 is 2.28 bits per heavy atom. The molecule has 0 aromatic heterocycles. The standard InChI is InChI=1S/C26H36N2O/c1-19-8-6-7-9-23(19)18-28-16-14-22(15-17-28)25(29)27-20(2)21-10-12-24(13-11-21)26(3,4)5/h6-13,20,22H,14-18H2,1-5H3,(H,27,29)/t20-/m0/s1. The monoisotopic (exact) mass is 392 g/mol. The molecule has 1 saturated heterocycles. The van der Waals surface area contributed by atoms with Crippen molar-refractivity contribution in [2.24, 2.45) is 5.92 Å². The Balaban J connectivity index is 1.50. The van der Waals surface area contributed by atoms with Crippen LogP contribution in [0.25, 0.3) is 0 Å². The van der Waals surface area contributed by atoms with Gasteiger partial charge in [-0.3, -0.25) is 9.69 Å². The number of amides is 1. The molecule has 0 radical (unpaired) electrons. The van der Waals surface area contributed by atoms with Gasteiger partial charge in [0, 0.05) is 12.5 Å². The molecular weight excluding hydrogens is 356 g/mol. The van der Waals surface area contributed by atoms with Crippen LogP contribution < -0.4 is 5.32 Å². The molecule has 156 valence electrons. The van der Waals surface area contributed by atoms with Crippen LogP contribution in [0.4, 0.5) is 0 Å². The number of nitrogens with one attached hydrogen (secondary N) is 1. The number of nitrogens with zero attached hydrogens (tertiary/aromatic N) is 1. The second-order valence-electron chi connectivity index (χ2n) is 9.58. The lowest BCUT2D eigenvalue weighted by Crippen LogP contribution is -2.41. The molecule has 0 spiro atoms. The molecule has 1 amide bonds. The molecule has 29 heavy (non-hydrogen) atoms. The molecule has 0 saturated carbocycles. The minimum absolute atomic E-state index is 0.0431. The molecule has 1 fully saturated rings. The highest BCUT2D eigenvalue weighted by molar-refractivity contribution is 5.79. The van der Waals surface area contributed by atoms with Gasteiger partial charge >= 0.3 is 0 Å². The fourth-order valence-corrected chi connectivity index (χ4v) is 4.07. The molecule has 3 heteroatoms. The lowest BCUT2D eigenvalue weighted by atomic mass is 9.86. The summed E-state index contributed by atoms with van der Waals surface area (Å²) in [6.45, 7) is 13.9. The molecule has 1 heterocycles. The zero-order chi connectivity index (χ0) is 21.0. The van der Waals surface area contributed by atoms with E-state index in [-0.39, 0.29) is 23.3 Å². The van der Waals surface area contributed by atoms with Crippen molar-refractivity contribution in [2.45, 2.75) is 65.5 Å². The summed E-state index contributed by atoms with van der Waals surface area (Å²) in [5.74, 6) is 0.326. The van der Waals surface area contributed by atoms with Gasteiger partial charge in [0.25, 0.3) is 0 Å². The average Bonchev–Trinajstić information content (AvgIpc) is 2.69. The molecule has 0 bridgehead atoms. The third kappa shape index (κ3) is 5.70. The van der Waals surface area contributed by atoms with E-state index in [9.17, 15) is 4.79 Å². The number of carbonyl (C=O) groups excluding carboxylic acids is 1. The first kappa shape index (κ1) is 21.6. The molecule has 3 nitrogen and oxygen atoms in total. The van der Waals surface area contributed by atoms with Gasteiger partial charge in [-0.25, -0.2) is 0 Å². The summed E-state index contributed by atoms with van der Waals surface area (Å²) >= 11 is 0. The summed E-state index contributed by atoms with van der Waals surface area (Å²) < 4.78 is 0. The molecular formula is C26H36N2O. The molecule has 1 atom stereocenters. The number of likely N-dealkylation sites (tertiary alicyclic amines) is 1. The van der Waals surface area contributed by atoms with E-state index >= 15 is 0 Å². The summed E-state index contributed by atoms with van der Waals surface area (Å²) in [5.41, 5.74) is 5.38. The Morgan fingerprint density at radius 1 is 1.07 bits per heavy atom. The smallest absolute Gasteiger partial charge is 0.223 e. The molecule has 1 aliphatic rings. The van der Waals surface area contributed by atoms with Crippen LogP contribution in [0.5, 0.6) is 0 Å². The predicted molar refractivity (Wildman–Crippen MR) is 121 cm³/mol. The topological polar surface area (TPSA) is 32.3 Å². The van der Waals surface area contributed by atoms with Crippen LogP contribution in [0.2, 0.25) is 0 Å². The minimum atomic E-state index is 0.0431. The Labute approximate surface area is 176 Å². The first-order valence-corrected chi connectivity index (χ1v) is 10.9. The Bertz CT molecular complexity index is 811. The second-order valence-corrected chi connectivity index (χ2v) is 9.58. The van der Waals surface area contributed by atoms with Crippen molar-refractivity contribution in [3.63, 3.8) is 0 Å². The van der Waals surface area contributed by atoms with Crippen molar-refractivity contribution in [3.8, 4) is 0 Å². The third-order valence-corrected chi connectivity index (χ3v) is 6.25. The van der Waals surface area contributed by atoms with Crippen LogP contribution in [-0.4, -0.2) is 23.9 Å². The number of benzene rings is 2. The third-order valence-electron chi connectivity index (χ3n) is 6.25. The number of rotatable bonds is 5. The van der Waals surface area contributed by atoms with Crippen molar-refractivity contribution in [3.05, 3.63) is 70.8 Å². The summed E-state index contributed by atoms with van der Waals surface area (Å²) in [6, 6.07) is 17.3. The van der Waals surface area contributed by atoms with Gasteiger partial charge in [0.2, 0.25) is 5.91 Å². The van der Waals surface area contributed by atoms with Crippen LogP contribution in [0.15, 0.2) is 48.5 Å². The average molecular weight is 393 g/mol. The largest absolute Gasteiger partial charge is 0.349 e. The van der Waals surface area contributed by atoms with E-state index in [4.69, 9.17) is 0 Å². The van der Waals surface area contributed by atoms with Crippen molar-refractivity contribution in [1.29, 1.82) is 0 Å². The van der Waals surface area contributed by atoms with Gasteiger partial charge in [-0.1, -0.05) is 69.3 Å². The summed E-state index contributed by atoms with van der Waals surface area (Å²) in [7, 11) is 0. The van der Waals surface area contributed by atoms with Crippen LogP contribution in [0.3, 0.4) is 0 Å². The van der Waals surface area contributed by atoms with E-state index in [1.807, 2.05) is 0 Å². The number of piperidine rings is 1. The SMILES string of the molecule is Cc1ccccc1CN1CCC(C(=O)N[C@@H](C)c2ccc(C(C)(C)C)cc2)CC1. The summed E-state index contributed by atoms with van der Waals surface area (Å²) in [4.78, 5) is 15.3. The maximum absolute atomic E-state index is 12.8. The summed E-state index contributed by atoms with van der Waals surface area (Å²) in [5, 5.41) is 3.24. The Morgan fingerprint density at radius 2 is 1.69 bits per heavy atom. The van der Waals surface area contributed by atoms with Gasteiger partial charge in [-0.15, -0.1) is 0 Å². The lowest BCUT2D eigenvalue weighted by molar-refractivity contribution is -0.127. The quantitative estimate of drug-likeness (QED) is 0.741. The van der Waals surface area contributed by atoms with E-state index in [1.165, 1.54) is 22.3 Å². The second kappa shape index (κ2) is 9.13. The highest BCUT2D eigenvalue weighted by Crippen LogP contribution is 2.25. The van der Waals surface area contributed by atoms with Gasteiger partial charge in [-0.05, 0) is 67.4 Å². The van der Waals surface area contributed by atoms with Gasteiger partial charge < -0.3 is 5.32 Å². The van der Waals surface area contributed by atoms with Crippen LogP contribution >= 0.6 is 0 Å². The van der Waals surface area contributed by atoms with Gasteiger partial charge in [0.1, 0.15) is 0 Å². The first-order valence-electron chi connectivity index (χ1n) is 10.9. The highest BCUT2D eigenvalue weighted by atomic mass is 16.1. The fraction of sp³-hybridized carbons (Fsp3) is 0.500. The van der Waals surface area contributed by atoms with Crippen molar-refractivity contribution in [2.75, 3.05) is 13.1 Å². The molecule has 0 aliphatic carbocycles. The Hall–Kier alpha value is -2.13. The van der Waals surface area contributed by atoms with Crippen LogP contribution in [0.1, 0.15) is 68.8 Å². The van der Waals surface area contributed by atoms with E-state index in [2.05, 4.69) is 93.4 Å². The van der Waals surface area contributed by atoms with E-state index in [0.717, 1.165) is 32.5 Å². The zero-order valence-electron chi connectivity index (χ0n) is 18.7. The number of carbonyl (C=O) groups is 1. The molecule has 1 aliphatic heterocycles. The van der Waals surface area contributed by atoms with Crippen molar-refractivity contribution in [1.82, 2.24) is 10.2 Å². The molecule has 3 rings (SSSR count). The van der Waals surface area contributed by atoms with Crippen LogP contribution in [-0.2, 0) is 16.8 Å². The summed E-state index contributed by atoms with van der Waals surface area (Å²) in [6.07, 6.45) is 1.88. The number of hydrogen-bond donors (Lipinski definition) is 1. The van der Waals surface area contributed by atoms with E-state index in [0.29, 0.717) is 0 Å². The number of aryl methyl sites for hydroxylation is 1. The van der Waals surface area contributed by atoms with Gasteiger partial charge in [0.05, 0.1) is 6.04 Å². The van der Waals surface area contributed by atoms with Crippen molar-refractivity contribution >= 4 is 5.91 Å². The van der Waals surface area contributed by atoms with Gasteiger partial charge in [0.15, 0.2) is 0 Å². The molecule has 2 aromatic carbocycles. The predicted octanol–water partition coefficient (Wildman–Crippen LogP) is 5.38. The number of hydrogen-bond acceptors (Lipinski definition) is 2. The maximum atomic E-state index is 12.8.